The number of amides is 1. The standard InChI is InChI=1S/C15H19N3O2/c16-15(19)14-11-12-5-1-2-6-13(12)18(14)20-10-9-17-7-3-4-8-17/h1-2,5-6,11H,3-4,7-10H2,(H2,16,19). The number of nitrogens with two attached hydrogens (primary N) is 1. The second kappa shape index (κ2) is 5.54. The zero-order chi connectivity index (χ0) is 13.9. The lowest BCUT2D eigenvalue weighted by Crippen LogP contribution is -2.29. The van der Waals surface area contributed by atoms with Gasteiger partial charge in [0.2, 0.25) is 0 Å². The SMILES string of the molecule is NC(=O)c1cc2ccccc2n1OCCN1CCCC1. The van der Waals surface area contributed by atoms with Crippen LogP contribution in [0.4, 0.5) is 0 Å². The van der Waals surface area contributed by atoms with E-state index >= 15 is 0 Å². The molecule has 1 amide bonds. The van der Waals surface area contributed by atoms with Gasteiger partial charge in [-0.05, 0) is 38.1 Å². The zero-order valence-electron chi connectivity index (χ0n) is 11.4. The number of fused-ring (bicyclic) bond motifs is 1. The number of aromatic nitrogens is 1. The largest absolute Gasteiger partial charge is 0.412 e. The summed E-state index contributed by atoms with van der Waals surface area (Å²) in [5, 5.41) is 0.961. The quantitative estimate of drug-likeness (QED) is 0.892. The first-order valence-corrected chi connectivity index (χ1v) is 7.01. The maximum atomic E-state index is 11.5. The molecule has 0 atom stereocenters. The number of benzene rings is 1. The van der Waals surface area contributed by atoms with Crippen LogP contribution in [0.25, 0.3) is 10.9 Å². The Labute approximate surface area is 117 Å². The number of likely N-dealkylation sites (tertiary alicyclic amines) is 1. The van der Waals surface area contributed by atoms with Crippen molar-refractivity contribution in [1.82, 2.24) is 9.63 Å². The summed E-state index contributed by atoms with van der Waals surface area (Å²) in [6.45, 7) is 3.71. The molecule has 1 aromatic carbocycles. The molecule has 20 heavy (non-hydrogen) atoms. The van der Waals surface area contributed by atoms with Crippen LogP contribution in [0.15, 0.2) is 30.3 Å². The number of hydrogen-bond acceptors (Lipinski definition) is 3. The Morgan fingerprint density at radius 1 is 1.25 bits per heavy atom. The summed E-state index contributed by atoms with van der Waals surface area (Å²) in [6, 6.07) is 9.50. The zero-order valence-corrected chi connectivity index (χ0v) is 11.4. The Hall–Kier alpha value is -2.01. The smallest absolute Gasteiger partial charge is 0.268 e. The molecule has 1 aliphatic rings. The highest BCUT2D eigenvalue weighted by molar-refractivity contribution is 5.97. The van der Waals surface area contributed by atoms with Crippen molar-refractivity contribution >= 4 is 16.8 Å². The van der Waals surface area contributed by atoms with E-state index in [0.29, 0.717) is 12.3 Å². The molecule has 0 bridgehead atoms. The molecule has 2 aromatic rings. The molecule has 0 saturated carbocycles. The summed E-state index contributed by atoms with van der Waals surface area (Å²) in [7, 11) is 0. The average Bonchev–Trinajstić information content (AvgIpc) is 3.07. The van der Waals surface area contributed by atoms with E-state index in [1.165, 1.54) is 12.8 Å². The summed E-state index contributed by atoms with van der Waals surface area (Å²) < 4.78 is 1.56. The molecule has 0 unspecified atom stereocenters. The van der Waals surface area contributed by atoms with Gasteiger partial charge in [-0.2, -0.15) is 4.73 Å². The lowest BCUT2D eigenvalue weighted by Gasteiger charge is -2.16. The van der Waals surface area contributed by atoms with Gasteiger partial charge in [-0.25, -0.2) is 0 Å². The lowest BCUT2D eigenvalue weighted by molar-refractivity contribution is 0.0820. The van der Waals surface area contributed by atoms with E-state index in [0.717, 1.165) is 30.5 Å². The van der Waals surface area contributed by atoms with Crippen LogP contribution in [0.2, 0.25) is 0 Å². The van der Waals surface area contributed by atoms with Gasteiger partial charge in [0.05, 0.1) is 5.52 Å². The second-order valence-corrected chi connectivity index (χ2v) is 5.13. The molecule has 1 fully saturated rings. The van der Waals surface area contributed by atoms with Crippen molar-refractivity contribution in [2.24, 2.45) is 5.73 Å². The van der Waals surface area contributed by atoms with Crippen LogP contribution in [-0.4, -0.2) is 41.8 Å². The molecular formula is C15H19N3O2. The van der Waals surface area contributed by atoms with E-state index in [-0.39, 0.29) is 0 Å². The highest BCUT2D eigenvalue weighted by Crippen LogP contribution is 2.18. The third-order valence-electron chi connectivity index (χ3n) is 3.75. The number of primary amides is 1. The first-order chi connectivity index (χ1) is 9.75. The third kappa shape index (κ3) is 2.49. The molecule has 1 aliphatic heterocycles. The fourth-order valence-electron chi connectivity index (χ4n) is 2.71. The first kappa shape index (κ1) is 13.0. The number of carbonyl (C=O) groups excluding carboxylic acids is 1. The summed E-state index contributed by atoms with van der Waals surface area (Å²) >= 11 is 0. The molecule has 0 aliphatic carbocycles. The average molecular weight is 273 g/mol. The van der Waals surface area contributed by atoms with Crippen molar-refractivity contribution in [2.75, 3.05) is 26.2 Å². The van der Waals surface area contributed by atoms with Crippen molar-refractivity contribution in [2.45, 2.75) is 12.8 Å². The minimum atomic E-state index is -0.470. The van der Waals surface area contributed by atoms with Crippen molar-refractivity contribution in [3.63, 3.8) is 0 Å². The fourth-order valence-corrected chi connectivity index (χ4v) is 2.71. The van der Waals surface area contributed by atoms with Crippen LogP contribution in [0, 0.1) is 0 Å². The van der Waals surface area contributed by atoms with Crippen molar-refractivity contribution < 1.29 is 9.63 Å². The summed E-state index contributed by atoms with van der Waals surface area (Å²) in [5.41, 5.74) is 6.70. The van der Waals surface area contributed by atoms with Gasteiger partial charge in [0.25, 0.3) is 5.91 Å². The molecule has 2 N–H and O–H groups in total. The minimum Gasteiger partial charge on any atom is -0.412 e. The fraction of sp³-hybridized carbons (Fsp3) is 0.400. The van der Waals surface area contributed by atoms with Gasteiger partial charge in [0, 0.05) is 11.9 Å². The van der Waals surface area contributed by atoms with Gasteiger partial charge in [0.1, 0.15) is 12.3 Å². The van der Waals surface area contributed by atoms with E-state index in [9.17, 15) is 4.79 Å². The predicted octanol–water partition coefficient (Wildman–Crippen LogP) is 1.26. The van der Waals surface area contributed by atoms with Crippen molar-refractivity contribution in [3.05, 3.63) is 36.0 Å². The number of para-hydroxylation sites is 1. The van der Waals surface area contributed by atoms with Crippen LogP contribution < -0.4 is 10.6 Å². The monoisotopic (exact) mass is 273 g/mol. The van der Waals surface area contributed by atoms with Gasteiger partial charge < -0.3 is 10.6 Å². The van der Waals surface area contributed by atoms with Crippen LogP contribution in [-0.2, 0) is 0 Å². The van der Waals surface area contributed by atoms with Crippen molar-refractivity contribution in [1.29, 1.82) is 0 Å². The number of carbonyl (C=O) groups is 1. The molecule has 1 saturated heterocycles. The molecule has 0 spiro atoms. The molecule has 3 rings (SSSR count). The van der Waals surface area contributed by atoms with E-state index in [4.69, 9.17) is 10.6 Å². The molecule has 0 radical (unpaired) electrons. The molecule has 2 heterocycles. The Bertz CT molecular complexity index is 615. The predicted molar refractivity (Wildman–Crippen MR) is 77.6 cm³/mol. The summed E-state index contributed by atoms with van der Waals surface area (Å²) in [5.74, 6) is -0.470. The van der Waals surface area contributed by atoms with Gasteiger partial charge in [0.15, 0.2) is 0 Å². The molecular weight excluding hydrogens is 254 g/mol. The van der Waals surface area contributed by atoms with E-state index in [1.54, 1.807) is 10.8 Å². The normalized spacial score (nSPS) is 15.8. The molecule has 106 valence electrons. The molecule has 5 nitrogen and oxygen atoms in total. The molecule has 5 heteroatoms. The van der Waals surface area contributed by atoms with Gasteiger partial charge >= 0.3 is 0 Å². The third-order valence-corrected chi connectivity index (χ3v) is 3.75. The van der Waals surface area contributed by atoms with Crippen LogP contribution in [0.1, 0.15) is 23.3 Å². The van der Waals surface area contributed by atoms with Crippen molar-refractivity contribution in [3.8, 4) is 0 Å². The Balaban J connectivity index is 1.78. The summed E-state index contributed by atoms with van der Waals surface area (Å²) in [4.78, 5) is 19.7. The van der Waals surface area contributed by atoms with E-state index in [1.807, 2.05) is 24.3 Å². The second-order valence-electron chi connectivity index (χ2n) is 5.13. The number of nitrogens with zero attached hydrogens (tertiary/aromatic N) is 2. The van der Waals surface area contributed by atoms with Crippen LogP contribution >= 0.6 is 0 Å². The lowest BCUT2D eigenvalue weighted by atomic mass is 10.2. The Morgan fingerprint density at radius 3 is 2.75 bits per heavy atom. The van der Waals surface area contributed by atoms with Crippen LogP contribution in [0.5, 0.6) is 0 Å². The van der Waals surface area contributed by atoms with E-state index in [2.05, 4.69) is 4.90 Å². The maximum absolute atomic E-state index is 11.5. The topological polar surface area (TPSA) is 60.5 Å². The van der Waals surface area contributed by atoms with Gasteiger partial charge in [-0.15, -0.1) is 0 Å². The first-order valence-electron chi connectivity index (χ1n) is 7.01. The Morgan fingerprint density at radius 2 is 2.00 bits per heavy atom. The highest BCUT2D eigenvalue weighted by atomic mass is 16.7. The summed E-state index contributed by atoms with van der Waals surface area (Å²) in [6.07, 6.45) is 2.53. The van der Waals surface area contributed by atoms with Gasteiger partial charge in [-0.3, -0.25) is 9.69 Å². The molecule has 1 aromatic heterocycles. The van der Waals surface area contributed by atoms with Crippen LogP contribution in [0.3, 0.4) is 0 Å². The maximum Gasteiger partial charge on any atom is 0.268 e. The van der Waals surface area contributed by atoms with E-state index < -0.39 is 5.91 Å². The highest BCUT2D eigenvalue weighted by Gasteiger charge is 2.15. The minimum absolute atomic E-state index is 0.396. The van der Waals surface area contributed by atoms with Gasteiger partial charge in [-0.1, -0.05) is 18.2 Å². The number of hydrogen-bond donors (Lipinski definition) is 1. The number of rotatable bonds is 5. The Kier molecular flexibility index (Phi) is 3.60.